The number of rotatable bonds is 25. The molecular weight excluding hydrogens is 454 g/mol. The van der Waals surface area contributed by atoms with E-state index in [2.05, 4.69) is 43.5 Å². The minimum Gasteiger partial charge on any atom is -0.394 e. The standard InChI is InChI=1S/C30H57NO5/c1-3-5-7-9-11-12-13-14-15-16-17-18-20-22-24-28(34)30(36)31-26(25-32)29(35)27(33)23-21-19-10-8-6-4-2/h8,10,12-13,26-29,32-35H,3-7,9,11,14-25H2,1-2H3,(H,31,36)/b10-8+,13-12-. The van der Waals surface area contributed by atoms with Crippen molar-refractivity contribution in [2.45, 2.75) is 154 Å². The van der Waals surface area contributed by atoms with Crippen LogP contribution >= 0.6 is 0 Å². The Hall–Kier alpha value is -1.21. The van der Waals surface area contributed by atoms with E-state index in [9.17, 15) is 25.2 Å². The molecule has 5 N–H and O–H groups in total. The highest BCUT2D eigenvalue weighted by molar-refractivity contribution is 5.80. The van der Waals surface area contributed by atoms with Gasteiger partial charge in [-0.3, -0.25) is 4.79 Å². The predicted octanol–water partition coefficient (Wildman–Crippen LogP) is 5.72. The summed E-state index contributed by atoms with van der Waals surface area (Å²) in [5.41, 5.74) is 0. The van der Waals surface area contributed by atoms with E-state index in [0.29, 0.717) is 19.3 Å². The van der Waals surface area contributed by atoms with Crippen molar-refractivity contribution in [3.63, 3.8) is 0 Å². The van der Waals surface area contributed by atoms with Crippen LogP contribution in [-0.2, 0) is 4.79 Å². The van der Waals surface area contributed by atoms with E-state index in [-0.39, 0.29) is 0 Å². The lowest BCUT2D eigenvalue weighted by molar-refractivity contribution is -0.132. The van der Waals surface area contributed by atoms with Crippen molar-refractivity contribution in [1.29, 1.82) is 0 Å². The molecule has 6 heteroatoms. The first-order valence-corrected chi connectivity index (χ1v) is 14.7. The maximum Gasteiger partial charge on any atom is 0.249 e. The molecule has 0 aliphatic heterocycles. The summed E-state index contributed by atoms with van der Waals surface area (Å²) in [5.74, 6) is -0.607. The van der Waals surface area contributed by atoms with Gasteiger partial charge in [-0.15, -0.1) is 0 Å². The summed E-state index contributed by atoms with van der Waals surface area (Å²) in [4.78, 5) is 12.3. The number of aliphatic hydroxyl groups is 4. The summed E-state index contributed by atoms with van der Waals surface area (Å²) >= 11 is 0. The van der Waals surface area contributed by atoms with Gasteiger partial charge in [0.25, 0.3) is 0 Å². The van der Waals surface area contributed by atoms with E-state index >= 15 is 0 Å². The molecule has 0 spiro atoms. The molecule has 36 heavy (non-hydrogen) atoms. The molecule has 0 aromatic carbocycles. The van der Waals surface area contributed by atoms with Crippen molar-refractivity contribution < 1.29 is 25.2 Å². The van der Waals surface area contributed by atoms with Crippen LogP contribution in [0.3, 0.4) is 0 Å². The molecule has 0 saturated carbocycles. The molecule has 0 heterocycles. The van der Waals surface area contributed by atoms with Crippen LogP contribution in [0.1, 0.15) is 129 Å². The highest BCUT2D eigenvalue weighted by atomic mass is 16.3. The van der Waals surface area contributed by atoms with Crippen LogP contribution < -0.4 is 5.32 Å². The molecular formula is C30H57NO5. The summed E-state index contributed by atoms with van der Waals surface area (Å²) in [5, 5.41) is 42.8. The molecule has 0 aliphatic carbocycles. The molecule has 6 nitrogen and oxygen atoms in total. The number of hydrogen-bond donors (Lipinski definition) is 5. The molecule has 0 aromatic rings. The van der Waals surface area contributed by atoms with Crippen molar-refractivity contribution in [2.75, 3.05) is 6.61 Å². The summed E-state index contributed by atoms with van der Waals surface area (Å²) < 4.78 is 0. The number of hydrogen-bond acceptors (Lipinski definition) is 5. The molecule has 4 atom stereocenters. The Morgan fingerprint density at radius 1 is 0.667 bits per heavy atom. The summed E-state index contributed by atoms with van der Waals surface area (Å²) in [6, 6.07) is -0.997. The summed E-state index contributed by atoms with van der Waals surface area (Å²) in [7, 11) is 0. The molecule has 4 unspecified atom stereocenters. The maximum absolute atomic E-state index is 12.3. The van der Waals surface area contributed by atoms with Crippen LogP contribution in [0, 0.1) is 0 Å². The third-order valence-corrected chi connectivity index (χ3v) is 6.62. The third-order valence-electron chi connectivity index (χ3n) is 6.62. The van der Waals surface area contributed by atoms with E-state index < -0.39 is 36.9 Å². The van der Waals surface area contributed by atoms with Gasteiger partial charge in [0.2, 0.25) is 5.91 Å². The zero-order chi connectivity index (χ0) is 26.9. The molecule has 0 radical (unpaired) electrons. The molecule has 212 valence electrons. The summed E-state index contributed by atoms with van der Waals surface area (Å²) in [6.45, 7) is 3.85. The molecule has 0 aromatic heterocycles. The molecule has 0 saturated heterocycles. The fourth-order valence-electron chi connectivity index (χ4n) is 4.17. The second kappa shape index (κ2) is 25.4. The SMILES string of the molecule is CCC/C=C/CCCC(O)C(O)C(CO)NC(=O)C(O)CCCCCCCC/C=C\CCCCCC. The van der Waals surface area contributed by atoms with Crippen LogP contribution in [0.4, 0.5) is 0 Å². The Balaban J connectivity index is 3.91. The molecule has 0 rings (SSSR count). The highest BCUT2D eigenvalue weighted by Crippen LogP contribution is 2.13. The number of carbonyl (C=O) groups excluding carboxylic acids is 1. The number of allylic oxidation sites excluding steroid dienone is 4. The fraction of sp³-hybridized carbons (Fsp3) is 0.833. The second-order valence-electron chi connectivity index (χ2n) is 10.1. The quantitative estimate of drug-likeness (QED) is 0.0795. The van der Waals surface area contributed by atoms with Gasteiger partial charge >= 0.3 is 0 Å². The van der Waals surface area contributed by atoms with E-state index in [4.69, 9.17) is 0 Å². The van der Waals surface area contributed by atoms with Gasteiger partial charge in [-0.25, -0.2) is 0 Å². The Bertz CT molecular complexity index is 551. The van der Waals surface area contributed by atoms with Crippen LogP contribution in [-0.4, -0.2) is 57.3 Å². The molecule has 0 fully saturated rings. The van der Waals surface area contributed by atoms with Crippen LogP contribution in [0.5, 0.6) is 0 Å². The average Bonchev–Trinajstić information content (AvgIpc) is 2.88. The maximum atomic E-state index is 12.3. The van der Waals surface area contributed by atoms with Gasteiger partial charge < -0.3 is 25.7 Å². The van der Waals surface area contributed by atoms with Crippen molar-refractivity contribution in [3.05, 3.63) is 24.3 Å². The van der Waals surface area contributed by atoms with Crippen molar-refractivity contribution >= 4 is 5.91 Å². The van der Waals surface area contributed by atoms with Gasteiger partial charge in [-0.2, -0.15) is 0 Å². The van der Waals surface area contributed by atoms with Gasteiger partial charge in [0.1, 0.15) is 12.2 Å². The first-order valence-electron chi connectivity index (χ1n) is 14.7. The van der Waals surface area contributed by atoms with Gasteiger partial charge in [0, 0.05) is 0 Å². The average molecular weight is 512 g/mol. The number of carbonyl (C=O) groups is 1. The van der Waals surface area contributed by atoms with Crippen molar-refractivity contribution in [3.8, 4) is 0 Å². The lowest BCUT2D eigenvalue weighted by atomic mass is 10.00. The van der Waals surface area contributed by atoms with Crippen LogP contribution in [0.25, 0.3) is 0 Å². The van der Waals surface area contributed by atoms with Crippen molar-refractivity contribution in [2.24, 2.45) is 0 Å². The summed E-state index contributed by atoms with van der Waals surface area (Å²) in [6.07, 6.45) is 23.7. The first-order chi connectivity index (χ1) is 17.5. The fourth-order valence-corrected chi connectivity index (χ4v) is 4.17. The Morgan fingerprint density at radius 2 is 1.19 bits per heavy atom. The molecule has 0 bridgehead atoms. The first kappa shape index (κ1) is 34.8. The second-order valence-corrected chi connectivity index (χ2v) is 10.1. The minimum atomic E-state index is -1.28. The smallest absolute Gasteiger partial charge is 0.249 e. The number of unbranched alkanes of at least 4 members (excludes halogenated alkanes) is 12. The van der Waals surface area contributed by atoms with Gasteiger partial charge in [0.15, 0.2) is 0 Å². The van der Waals surface area contributed by atoms with Crippen LogP contribution in [0.2, 0.25) is 0 Å². The van der Waals surface area contributed by atoms with Crippen LogP contribution in [0.15, 0.2) is 24.3 Å². The van der Waals surface area contributed by atoms with E-state index in [0.717, 1.165) is 51.4 Å². The molecule has 1 amide bonds. The lowest BCUT2D eigenvalue weighted by Gasteiger charge is -2.27. The Kier molecular flexibility index (Phi) is 24.6. The number of amides is 1. The van der Waals surface area contributed by atoms with E-state index in [1.165, 1.54) is 44.9 Å². The predicted molar refractivity (Wildman–Crippen MR) is 150 cm³/mol. The van der Waals surface area contributed by atoms with Crippen molar-refractivity contribution in [1.82, 2.24) is 5.32 Å². The Labute approximate surface area is 221 Å². The monoisotopic (exact) mass is 511 g/mol. The minimum absolute atomic E-state index is 0.355. The lowest BCUT2D eigenvalue weighted by Crippen LogP contribution is -2.53. The number of aliphatic hydroxyl groups excluding tert-OH is 4. The van der Waals surface area contributed by atoms with E-state index in [1.807, 2.05) is 0 Å². The zero-order valence-corrected chi connectivity index (χ0v) is 23.3. The van der Waals surface area contributed by atoms with Gasteiger partial charge in [-0.05, 0) is 57.8 Å². The van der Waals surface area contributed by atoms with Gasteiger partial charge in [-0.1, -0.05) is 95.9 Å². The topological polar surface area (TPSA) is 110 Å². The number of nitrogens with one attached hydrogen (secondary N) is 1. The third kappa shape index (κ3) is 19.9. The largest absolute Gasteiger partial charge is 0.394 e. The van der Waals surface area contributed by atoms with Gasteiger partial charge in [0.05, 0.1) is 18.8 Å². The zero-order valence-electron chi connectivity index (χ0n) is 23.3. The Morgan fingerprint density at radius 3 is 1.78 bits per heavy atom. The normalized spacial score (nSPS) is 15.4. The molecule has 0 aliphatic rings. The van der Waals surface area contributed by atoms with E-state index in [1.54, 1.807) is 0 Å². The highest BCUT2D eigenvalue weighted by Gasteiger charge is 2.28.